The minimum atomic E-state index is -4.76. The van der Waals surface area contributed by atoms with Gasteiger partial charge in [0, 0.05) is 0 Å². The van der Waals surface area contributed by atoms with Crippen molar-refractivity contribution < 1.29 is 18.0 Å². The molecule has 0 aliphatic heterocycles. The molecule has 0 saturated carbocycles. The largest absolute Gasteiger partial charge is 0.451 e. The van der Waals surface area contributed by atoms with E-state index < -0.39 is 18.5 Å². The van der Waals surface area contributed by atoms with E-state index in [2.05, 4.69) is 5.73 Å². The number of ketones is 1. The fraction of sp³-hybridized carbons (Fsp3) is 0.667. The van der Waals surface area contributed by atoms with E-state index in [1.165, 1.54) is 0 Å². The molecular weight excluding hydrogens is 158 g/mol. The van der Waals surface area contributed by atoms with Crippen LogP contribution in [0.25, 0.3) is 0 Å². The van der Waals surface area contributed by atoms with Crippen molar-refractivity contribution in [1.29, 1.82) is 0 Å². The van der Waals surface area contributed by atoms with Gasteiger partial charge in [-0.1, -0.05) is 0 Å². The lowest BCUT2D eigenvalue weighted by atomic mass is 10.4. The third-order valence-electron chi connectivity index (χ3n) is 0.502. The van der Waals surface area contributed by atoms with Crippen LogP contribution in [-0.2, 0) is 4.79 Å². The minimum absolute atomic E-state index is 0. The average Bonchev–Trinajstić information content (AvgIpc) is 1.62. The molecule has 0 unspecified atom stereocenters. The van der Waals surface area contributed by atoms with E-state index >= 15 is 0 Å². The Bertz CT molecular complexity index is 102. The molecule has 9 heavy (non-hydrogen) atoms. The van der Waals surface area contributed by atoms with Gasteiger partial charge in [-0.25, -0.2) is 0 Å². The molecule has 0 aromatic carbocycles. The predicted octanol–water partition coefficient (Wildman–Crippen LogP) is 0.498. The summed E-state index contributed by atoms with van der Waals surface area (Å²) in [7, 11) is 0. The van der Waals surface area contributed by atoms with Crippen molar-refractivity contribution in [3.05, 3.63) is 0 Å². The van der Waals surface area contributed by atoms with E-state index in [1.807, 2.05) is 0 Å². The van der Waals surface area contributed by atoms with Gasteiger partial charge in [-0.3, -0.25) is 4.79 Å². The number of Topliss-reactive ketones (excluding diaryl/α,β-unsaturated/α-hetero) is 1. The molecule has 0 saturated heterocycles. The minimum Gasteiger partial charge on any atom is -0.324 e. The van der Waals surface area contributed by atoms with Crippen LogP contribution in [0.4, 0.5) is 13.2 Å². The van der Waals surface area contributed by atoms with Gasteiger partial charge in [-0.05, 0) is 0 Å². The number of alkyl halides is 3. The van der Waals surface area contributed by atoms with Crippen LogP contribution in [0.1, 0.15) is 0 Å². The summed E-state index contributed by atoms with van der Waals surface area (Å²) in [5, 5.41) is 0. The lowest BCUT2D eigenvalue weighted by Crippen LogP contribution is -2.29. The lowest BCUT2D eigenvalue weighted by Gasteiger charge is -1.99. The van der Waals surface area contributed by atoms with Crippen LogP contribution in [0.15, 0.2) is 0 Å². The number of nitrogens with two attached hydrogens (primary N) is 1. The Hall–Kier alpha value is -0.290. The average molecular weight is 164 g/mol. The van der Waals surface area contributed by atoms with Gasteiger partial charge < -0.3 is 5.73 Å². The number of rotatable bonds is 1. The molecule has 0 spiro atoms. The van der Waals surface area contributed by atoms with Crippen molar-refractivity contribution in [3.8, 4) is 0 Å². The lowest BCUT2D eigenvalue weighted by molar-refractivity contribution is -0.169. The summed E-state index contributed by atoms with van der Waals surface area (Å²) >= 11 is 0. The van der Waals surface area contributed by atoms with Crippen molar-refractivity contribution in [1.82, 2.24) is 0 Å². The first-order chi connectivity index (χ1) is 3.48. The van der Waals surface area contributed by atoms with E-state index in [0.717, 1.165) is 0 Å². The molecule has 0 aromatic heterocycles. The predicted molar refractivity (Wildman–Crippen MR) is 27.4 cm³/mol. The summed E-state index contributed by atoms with van der Waals surface area (Å²) in [5.41, 5.74) is 4.39. The van der Waals surface area contributed by atoms with E-state index in [9.17, 15) is 18.0 Å². The number of halogens is 4. The first-order valence-corrected chi connectivity index (χ1v) is 1.78. The highest BCUT2D eigenvalue weighted by atomic mass is 35.5. The molecule has 2 N–H and O–H groups in total. The molecule has 0 fully saturated rings. The topological polar surface area (TPSA) is 43.1 Å². The smallest absolute Gasteiger partial charge is 0.324 e. The number of hydrogen-bond donors (Lipinski definition) is 1. The summed E-state index contributed by atoms with van der Waals surface area (Å²) in [6.45, 7) is -0.969. The molecule has 2 nitrogen and oxygen atoms in total. The Morgan fingerprint density at radius 3 is 1.78 bits per heavy atom. The Labute approximate surface area is 55.6 Å². The summed E-state index contributed by atoms with van der Waals surface area (Å²) in [6, 6.07) is 0. The number of hydrogen-bond acceptors (Lipinski definition) is 2. The van der Waals surface area contributed by atoms with Crippen LogP contribution in [0, 0.1) is 0 Å². The monoisotopic (exact) mass is 163 g/mol. The first kappa shape index (κ1) is 11.5. The van der Waals surface area contributed by atoms with Crippen LogP contribution in [-0.4, -0.2) is 18.5 Å². The van der Waals surface area contributed by atoms with Gasteiger partial charge in [0.25, 0.3) is 0 Å². The number of carbonyl (C=O) groups is 1. The standard InChI is InChI=1S/C3H4F3NO.ClH/c4-3(5,6)2(8)1-7;/h1,7H2;1H. The van der Waals surface area contributed by atoms with Gasteiger partial charge >= 0.3 is 6.18 Å². The van der Waals surface area contributed by atoms with Crippen molar-refractivity contribution >= 4 is 18.2 Å². The zero-order valence-corrected chi connectivity index (χ0v) is 5.05. The van der Waals surface area contributed by atoms with Crippen LogP contribution < -0.4 is 5.73 Å². The maximum atomic E-state index is 11.0. The third-order valence-corrected chi connectivity index (χ3v) is 0.502. The van der Waals surface area contributed by atoms with E-state index in [0.29, 0.717) is 0 Å². The molecule has 6 heteroatoms. The zero-order chi connectivity index (χ0) is 6.78. The highest BCUT2D eigenvalue weighted by molar-refractivity contribution is 5.85. The molecule has 0 aliphatic rings. The summed E-state index contributed by atoms with van der Waals surface area (Å²) in [4.78, 5) is 9.58. The van der Waals surface area contributed by atoms with E-state index in [-0.39, 0.29) is 12.4 Å². The van der Waals surface area contributed by atoms with Crippen LogP contribution in [0.2, 0.25) is 0 Å². The van der Waals surface area contributed by atoms with Crippen molar-refractivity contribution in [2.75, 3.05) is 6.54 Å². The Morgan fingerprint density at radius 1 is 1.44 bits per heavy atom. The fourth-order valence-electron chi connectivity index (χ4n) is 0.116. The van der Waals surface area contributed by atoms with Gasteiger partial charge in [0.2, 0.25) is 5.78 Å². The van der Waals surface area contributed by atoms with Crippen molar-refractivity contribution in [2.24, 2.45) is 5.73 Å². The zero-order valence-electron chi connectivity index (χ0n) is 4.23. The van der Waals surface area contributed by atoms with Gasteiger partial charge in [0.15, 0.2) is 0 Å². The summed E-state index contributed by atoms with van der Waals surface area (Å²) in [5.74, 6) is -1.89. The molecule has 56 valence electrons. The highest BCUT2D eigenvalue weighted by Gasteiger charge is 2.36. The maximum absolute atomic E-state index is 11.0. The van der Waals surface area contributed by atoms with Gasteiger partial charge in [0.1, 0.15) is 0 Å². The highest BCUT2D eigenvalue weighted by Crippen LogP contribution is 2.14. The molecule has 0 amide bonds. The third kappa shape index (κ3) is 4.23. The molecular formula is C3H5ClF3NO. The molecule has 0 aliphatic carbocycles. The van der Waals surface area contributed by atoms with Crippen LogP contribution >= 0.6 is 12.4 Å². The molecule has 0 aromatic rings. The van der Waals surface area contributed by atoms with Gasteiger partial charge in [-0.15, -0.1) is 12.4 Å². The second kappa shape index (κ2) is 3.68. The molecule has 0 atom stereocenters. The van der Waals surface area contributed by atoms with E-state index in [1.54, 1.807) is 0 Å². The first-order valence-electron chi connectivity index (χ1n) is 1.78. The fourth-order valence-corrected chi connectivity index (χ4v) is 0.116. The van der Waals surface area contributed by atoms with Gasteiger partial charge in [0.05, 0.1) is 6.54 Å². The second-order valence-electron chi connectivity index (χ2n) is 1.13. The molecule has 0 rings (SSSR count). The van der Waals surface area contributed by atoms with E-state index in [4.69, 9.17) is 0 Å². The Balaban J connectivity index is 0. The van der Waals surface area contributed by atoms with Crippen molar-refractivity contribution in [3.63, 3.8) is 0 Å². The molecule has 0 heterocycles. The van der Waals surface area contributed by atoms with Gasteiger partial charge in [-0.2, -0.15) is 13.2 Å². The SMILES string of the molecule is Cl.NCC(=O)C(F)(F)F. The molecule has 0 radical (unpaired) electrons. The maximum Gasteiger partial charge on any atom is 0.451 e. The number of carbonyl (C=O) groups excluding carboxylic acids is 1. The quantitative estimate of drug-likeness (QED) is 0.612. The van der Waals surface area contributed by atoms with Crippen molar-refractivity contribution in [2.45, 2.75) is 6.18 Å². The Morgan fingerprint density at radius 2 is 1.78 bits per heavy atom. The van der Waals surface area contributed by atoms with Crippen LogP contribution in [0.3, 0.4) is 0 Å². The normalized spacial score (nSPS) is 10.2. The summed E-state index contributed by atoms with van der Waals surface area (Å²) < 4.78 is 33.1. The Kier molecular flexibility index (Phi) is 4.70. The summed E-state index contributed by atoms with van der Waals surface area (Å²) in [6.07, 6.45) is -4.76. The van der Waals surface area contributed by atoms with Crippen LogP contribution in [0.5, 0.6) is 0 Å². The molecule has 0 bridgehead atoms. The second-order valence-corrected chi connectivity index (χ2v) is 1.13.